The third-order valence-corrected chi connectivity index (χ3v) is 6.24. The first kappa shape index (κ1) is 36.3. The summed E-state index contributed by atoms with van der Waals surface area (Å²) in [5.74, 6) is -0.793. The van der Waals surface area contributed by atoms with Crippen LogP contribution in [0, 0.1) is 11.2 Å². The van der Waals surface area contributed by atoms with E-state index >= 15 is 0 Å². The minimum Gasteiger partial charge on any atom is -0.461 e. The number of ether oxygens (including phenoxy) is 1. The van der Waals surface area contributed by atoms with Crippen LogP contribution in [0.1, 0.15) is 70.9 Å². The van der Waals surface area contributed by atoms with Gasteiger partial charge in [-0.15, -0.1) is 0 Å². The van der Waals surface area contributed by atoms with Gasteiger partial charge in [0.25, 0.3) is 0 Å². The molecule has 1 aliphatic carbocycles. The van der Waals surface area contributed by atoms with Gasteiger partial charge in [-0.25, -0.2) is 4.39 Å². The molecule has 3 rings (SSSR count). The first-order valence-electron chi connectivity index (χ1n) is 13.5. The zero-order chi connectivity index (χ0) is 31.0. The lowest BCUT2D eigenvalue weighted by Gasteiger charge is -2.16. The summed E-state index contributed by atoms with van der Waals surface area (Å²) in [4.78, 5) is 31.5. The van der Waals surface area contributed by atoms with Crippen molar-refractivity contribution >= 4 is 47.7 Å². The molecule has 3 atom stereocenters. The maximum absolute atomic E-state index is 14.0. The molecule has 2 amide bonds. The molecule has 0 aromatic heterocycles. The molecule has 5 N–H and O–H groups in total. The molecular weight excluding hydrogens is 570 g/mol. The quantitative estimate of drug-likeness (QED) is 0.188. The molecule has 41 heavy (non-hydrogen) atoms. The third-order valence-electron chi connectivity index (χ3n) is 5.72. The summed E-state index contributed by atoms with van der Waals surface area (Å²) in [6, 6.07) is 10.4. The van der Waals surface area contributed by atoms with Crippen molar-refractivity contribution < 1.29 is 23.5 Å². The van der Waals surface area contributed by atoms with Gasteiger partial charge in [0.1, 0.15) is 11.9 Å². The fourth-order valence-electron chi connectivity index (χ4n) is 3.86. The number of hydrogen-bond donors (Lipinski definition) is 4. The van der Waals surface area contributed by atoms with E-state index in [1.54, 1.807) is 24.3 Å². The predicted octanol–water partition coefficient (Wildman–Crippen LogP) is 5.80. The molecule has 2 aromatic rings. The van der Waals surface area contributed by atoms with Crippen LogP contribution < -0.4 is 21.7 Å². The normalized spacial score (nSPS) is 16.7. The topological polar surface area (TPSA) is 123 Å². The highest BCUT2D eigenvalue weighted by Gasteiger charge is 2.26. The Hall–Kier alpha value is -2.72. The second-order valence-corrected chi connectivity index (χ2v) is 12.2. The van der Waals surface area contributed by atoms with Gasteiger partial charge < -0.3 is 26.4 Å². The summed E-state index contributed by atoms with van der Waals surface area (Å²) in [6.45, 7) is 11.7. The number of benzene rings is 2. The maximum atomic E-state index is 14.0. The average molecular weight is 614 g/mol. The first-order chi connectivity index (χ1) is 19.3. The van der Waals surface area contributed by atoms with Crippen molar-refractivity contribution in [1.82, 2.24) is 10.6 Å². The van der Waals surface area contributed by atoms with Gasteiger partial charge in [-0.3, -0.25) is 14.4 Å². The lowest BCUT2D eigenvalue weighted by Crippen LogP contribution is -2.27. The summed E-state index contributed by atoms with van der Waals surface area (Å²) >= 11 is 11.7. The minimum atomic E-state index is -0.378. The van der Waals surface area contributed by atoms with Gasteiger partial charge in [-0.1, -0.05) is 76.0 Å². The molecule has 0 radical (unpaired) electrons. The number of nitrogens with two attached hydrogens (primary N) is 1. The van der Waals surface area contributed by atoms with Crippen LogP contribution in [0.3, 0.4) is 0 Å². The number of rotatable bonds is 11. The van der Waals surface area contributed by atoms with Crippen molar-refractivity contribution in [2.24, 2.45) is 11.1 Å². The van der Waals surface area contributed by atoms with E-state index in [1.807, 2.05) is 13.0 Å². The second kappa shape index (κ2) is 18.7. The molecule has 0 heterocycles. The Labute approximate surface area is 252 Å². The van der Waals surface area contributed by atoms with Gasteiger partial charge in [0.05, 0.1) is 11.6 Å². The highest BCUT2D eigenvalue weighted by molar-refractivity contribution is 6.31. The third kappa shape index (κ3) is 15.2. The molecule has 1 aliphatic rings. The number of anilines is 1. The van der Waals surface area contributed by atoms with Crippen molar-refractivity contribution in [3.8, 4) is 0 Å². The molecule has 0 saturated heterocycles. The smallest absolute Gasteiger partial charge is 0.319 e. The summed E-state index contributed by atoms with van der Waals surface area (Å²) in [5.41, 5.74) is 7.73. The second-order valence-electron chi connectivity index (χ2n) is 11.3. The maximum Gasteiger partial charge on any atom is 0.319 e. The van der Waals surface area contributed by atoms with Crippen LogP contribution in [0.25, 0.3) is 0 Å². The summed E-state index contributed by atoms with van der Waals surface area (Å²) in [5, 5.41) is 9.22. The average Bonchev–Trinajstić information content (AvgIpc) is 3.33. The lowest BCUT2D eigenvalue weighted by atomic mass is 10.0. The number of halogens is 3. The molecule has 0 spiro atoms. The first-order valence-corrected chi connectivity index (χ1v) is 14.3. The van der Waals surface area contributed by atoms with Crippen LogP contribution in [0.15, 0.2) is 36.4 Å². The van der Waals surface area contributed by atoms with Crippen molar-refractivity contribution in [2.75, 3.05) is 18.4 Å². The van der Waals surface area contributed by atoms with Crippen molar-refractivity contribution in [2.45, 2.75) is 78.5 Å². The van der Waals surface area contributed by atoms with Crippen molar-refractivity contribution in [3.05, 3.63) is 63.4 Å². The standard InChI is InChI=1S/C17H17Cl2FN2O.C8H14N2O3.C5H12/c1-11(14-3-2-4-15(19)17(14)20)8-21-9-12-5-6-13(18)7-16(12)22-10-23;9-4-8(12)13-7-2-1-6(3-7)10-5-11;1-5(2,3)4/h2-7,10-11,21H,8-9H2,1H3,(H,22,23);5-7H,1-4,9H2,(H,10,11);1-4H3. The van der Waals surface area contributed by atoms with E-state index in [-0.39, 0.29) is 41.4 Å². The highest BCUT2D eigenvalue weighted by atomic mass is 35.5. The number of esters is 1. The van der Waals surface area contributed by atoms with Crippen LogP contribution in [0.4, 0.5) is 10.1 Å². The van der Waals surface area contributed by atoms with E-state index in [2.05, 4.69) is 43.6 Å². The Morgan fingerprint density at radius 2 is 1.83 bits per heavy atom. The summed E-state index contributed by atoms with van der Waals surface area (Å²) in [7, 11) is 0. The number of carbonyl (C=O) groups excluding carboxylic acids is 3. The lowest BCUT2D eigenvalue weighted by molar-refractivity contribution is -0.146. The molecule has 0 bridgehead atoms. The minimum absolute atomic E-state index is 0.0384. The van der Waals surface area contributed by atoms with E-state index in [1.165, 1.54) is 6.07 Å². The molecule has 3 unspecified atom stereocenters. The van der Waals surface area contributed by atoms with Crippen LogP contribution in [0.5, 0.6) is 0 Å². The zero-order valence-electron chi connectivity index (χ0n) is 24.4. The molecule has 8 nitrogen and oxygen atoms in total. The van der Waals surface area contributed by atoms with Gasteiger partial charge in [-0.05, 0) is 53.5 Å². The van der Waals surface area contributed by atoms with E-state index < -0.39 is 0 Å². The van der Waals surface area contributed by atoms with Crippen LogP contribution in [-0.4, -0.2) is 44.0 Å². The fourth-order valence-corrected chi connectivity index (χ4v) is 4.22. The zero-order valence-corrected chi connectivity index (χ0v) is 25.9. The number of hydrogen-bond acceptors (Lipinski definition) is 6. The Kier molecular flexibility index (Phi) is 16.5. The van der Waals surface area contributed by atoms with E-state index in [9.17, 15) is 18.8 Å². The van der Waals surface area contributed by atoms with Crippen LogP contribution in [-0.2, 0) is 25.7 Å². The van der Waals surface area contributed by atoms with Crippen LogP contribution >= 0.6 is 23.2 Å². The van der Waals surface area contributed by atoms with E-state index in [0.717, 1.165) is 18.4 Å². The number of nitrogens with one attached hydrogen (secondary N) is 3. The SMILES string of the molecule is CC(C)(C)C.CC(CNCc1ccc(Cl)cc1NC=O)c1cccc(Cl)c1F.NCC(=O)OC1CCC(NC=O)C1. The number of amides is 2. The van der Waals surface area contributed by atoms with E-state index in [4.69, 9.17) is 33.7 Å². The Balaban J connectivity index is 0.000000391. The van der Waals surface area contributed by atoms with Crippen molar-refractivity contribution in [1.29, 1.82) is 0 Å². The molecule has 0 aliphatic heterocycles. The van der Waals surface area contributed by atoms with Gasteiger partial charge in [0, 0.05) is 36.3 Å². The largest absolute Gasteiger partial charge is 0.461 e. The monoisotopic (exact) mass is 612 g/mol. The number of carbonyl (C=O) groups is 3. The molecule has 1 fully saturated rings. The van der Waals surface area contributed by atoms with Gasteiger partial charge in [-0.2, -0.15) is 0 Å². The van der Waals surface area contributed by atoms with Crippen molar-refractivity contribution in [3.63, 3.8) is 0 Å². The summed E-state index contributed by atoms with van der Waals surface area (Å²) in [6.07, 6.45) is 3.58. The van der Waals surface area contributed by atoms with Gasteiger partial charge >= 0.3 is 5.97 Å². The Morgan fingerprint density at radius 1 is 1.15 bits per heavy atom. The molecule has 228 valence electrons. The van der Waals surface area contributed by atoms with Gasteiger partial charge in [0.15, 0.2) is 0 Å². The highest BCUT2D eigenvalue weighted by Crippen LogP contribution is 2.25. The molecule has 2 aromatic carbocycles. The van der Waals surface area contributed by atoms with Crippen LogP contribution in [0.2, 0.25) is 10.0 Å². The molecule has 11 heteroatoms. The predicted molar refractivity (Wildman–Crippen MR) is 164 cm³/mol. The molecular formula is C30H43Cl2FN4O4. The Bertz CT molecular complexity index is 1110. The fraction of sp³-hybridized carbons (Fsp3) is 0.500. The Morgan fingerprint density at radius 3 is 2.44 bits per heavy atom. The van der Waals surface area contributed by atoms with Gasteiger partial charge in [0.2, 0.25) is 12.8 Å². The molecule has 1 saturated carbocycles. The van der Waals surface area contributed by atoms with E-state index in [0.29, 0.717) is 54.0 Å². The summed E-state index contributed by atoms with van der Waals surface area (Å²) < 4.78 is 19.0.